The van der Waals surface area contributed by atoms with Gasteiger partial charge in [0.15, 0.2) is 0 Å². The van der Waals surface area contributed by atoms with Crippen molar-refractivity contribution < 1.29 is 19.4 Å². The number of carboxylic acids is 1. The molecule has 0 atom stereocenters. The van der Waals surface area contributed by atoms with Gasteiger partial charge in [0.05, 0.1) is 12.2 Å². The number of hydrogen-bond acceptors (Lipinski definition) is 3. The van der Waals surface area contributed by atoms with Crippen LogP contribution < -0.4 is 5.32 Å². The van der Waals surface area contributed by atoms with Crippen LogP contribution in [0.25, 0.3) is 0 Å². The summed E-state index contributed by atoms with van der Waals surface area (Å²) in [6.07, 6.45) is 2.09. The van der Waals surface area contributed by atoms with E-state index in [1.807, 2.05) is 6.92 Å². The summed E-state index contributed by atoms with van der Waals surface area (Å²) in [5.41, 5.74) is 1.23. The maximum absolute atomic E-state index is 11.2. The summed E-state index contributed by atoms with van der Waals surface area (Å²) >= 11 is 0. The molecular formula is C14H19NO4. The maximum Gasteiger partial charge on any atom is 0.407 e. The summed E-state index contributed by atoms with van der Waals surface area (Å²) in [4.78, 5) is 21.9. The number of ether oxygens (including phenoxy) is 1. The summed E-state index contributed by atoms with van der Waals surface area (Å²) in [6, 6.07) is 6.59. The van der Waals surface area contributed by atoms with E-state index < -0.39 is 12.1 Å². The number of nitrogens with one attached hydrogen (secondary N) is 1. The van der Waals surface area contributed by atoms with Gasteiger partial charge < -0.3 is 15.2 Å². The molecule has 104 valence electrons. The highest BCUT2D eigenvalue weighted by atomic mass is 16.5. The van der Waals surface area contributed by atoms with E-state index in [2.05, 4.69) is 5.32 Å². The van der Waals surface area contributed by atoms with E-state index in [-0.39, 0.29) is 5.56 Å². The molecule has 19 heavy (non-hydrogen) atoms. The highest BCUT2D eigenvalue weighted by Gasteiger charge is 2.03. The van der Waals surface area contributed by atoms with Crippen molar-refractivity contribution in [2.75, 3.05) is 13.2 Å². The fraction of sp³-hybridized carbons (Fsp3) is 0.429. The highest BCUT2D eigenvalue weighted by molar-refractivity contribution is 5.87. The molecule has 0 spiro atoms. The second-order valence-electron chi connectivity index (χ2n) is 4.17. The lowest BCUT2D eigenvalue weighted by atomic mass is 10.1. The molecule has 0 bridgehead atoms. The minimum absolute atomic E-state index is 0.260. The molecule has 0 aliphatic heterocycles. The number of carbonyl (C=O) groups excluding carboxylic acids is 1. The van der Waals surface area contributed by atoms with Crippen LogP contribution in [0.5, 0.6) is 0 Å². The number of alkyl carbamates (subject to hydrolysis) is 1. The van der Waals surface area contributed by atoms with Crippen LogP contribution in [-0.4, -0.2) is 30.3 Å². The zero-order valence-electron chi connectivity index (χ0n) is 11.0. The average molecular weight is 265 g/mol. The van der Waals surface area contributed by atoms with Crippen LogP contribution in [0.15, 0.2) is 24.3 Å². The summed E-state index contributed by atoms with van der Waals surface area (Å²) < 4.78 is 4.94. The largest absolute Gasteiger partial charge is 0.478 e. The molecule has 0 unspecified atom stereocenters. The molecule has 0 aliphatic rings. The van der Waals surface area contributed by atoms with Gasteiger partial charge in [0.2, 0.25) is 0 Å². The van der Waals surface area contributed by atoms with E-state index >= 15 is 0 Å². The second-order valence-corrected chi connectivity index (χ2v) is 4.17. The zero-order valence-corrected chi connectivity index (χ0v) is 11.0. The minimum Gasteiger partial charge on any atom is -0.478 e. The van der Waals surface area contributed by atoms with Gasteiger partial charge in [-0.3, -0.25) is 0 Å². The first-order chi connectivity index (χ1) is 9.13. The van der Waals surface area contributed by atoms with Crippen LogP contribution in [-0.2, 0) is 11.2 Å². The van der Waals surface area contributed by atoms with Crippen molar-refractivity contribution in [3.63, 3.8) is 0 Å². The normalized spacial score (nSPS) is 9.95. The van der Waals surface area contributed by atoms with Gasteiger partial charge in [-0.1, -0.05) is 25.5 Å². The number of amides is 1. The monoisotopic (exact) mass is 265 g/mol. The zero-order chi connectivity index (χ0) is 14.1. The predicted octanol–water partition coefficient (Wildman–Crippen LogP) is 2.45. The first-order valence-electron chi connectivity index (χ1n) is 6.36. The highest BCUT2D eigenvalue weighted by Crippen LogP contribution is 2.04. The van der Waals surface area contributed by atoms with Gasteiger partial charge in [-0.05, 0) is 30.5 Å². The lowest BCUT2D eigenvalue weighted by molar-refractivity contribution is 0.0697. The van der Waals surface area contributed by atoms with Crippen molar-refractivity contribution in [3.05, 3.63) is 35.4 Å². The van der Waals surface area contributed by atoms with Gasteiger partial charge in [0.1, 0.15) is 0 Å². The molecule has 1 aromatic rings. The van der Waals surface area contributed by atoms with Crippen LogP contribution in [0, 0.1) is 0 Å². The molecule has 1 rings (SSSR count). The minimum atomic E-state index is -0.941. The summed E-state index contributed by atoms with van der Waals surface area (Å²) in [7, 11) is 0. The molecule has 1 amide bonds. The first kappa shape index (κ1) is 15.0. The molecule has 5 heteroatoms. The fourth-order valence-electron chi connectivity index (χ4n) is 1.48. The van der Waals surface area contributed by atoms with E-state index in [1.165, 1.54) is 0 Å². The molecule has 0 heterocycles. The lowest BCUT2D eigenvalue weighted by Gasteiger charge is -2.06. The Bertz CT molecular complexity index is 414. The van der Waals surface area contributed by atoms with Crippen molar-refractivity contribution >= 4 is 12.1 Å². The third-order valence-electron chi connectivity index (χ3n) is 2.61. The predicted molar refractivity (Wildman–Crippen MR) is 71.4 cm³/mol. The topological polar surface area (TPSA) is 75.6 Å². The lowest BCUT2D eigenvalue weighted by Crippen LogP contribution is -2.26. The van der Waals surface area contributed by atoms with Gasteiger partial charge in [-0.2, -0.15) is 0 Å². The van der Waals surface area contributed by atoms with E-state index in [1.54, 1.807) is 24.3 Å². The van der Waals surface area contributed by atoms with Gasteiger partial charge in [-0.25, -0.2) is 9.59 Å². The van der Waals surface area contributed by atoms with Crippen LogP contribution in [0.2, 0.25) is 0 Å². The Balaban J connectivity index is 2.25. The third-order valence-corrected chi connectivity index (χ3v) is 2.61. The number of rotatable bonds is 7. The molecule has 5 nitrogen and oxygen atoms in total. The van der Waals surface area contributed by atoms with E-state index in [9.17, 15) is 9.59 Å². The standard InChI is InChI=1S/C14H19NO4/c1-2-3-10-19-14(18)15-9-8-11-4-6-12(7-5-11)13(16)17/h4-7H,2-3,8-10H2,1H3,(H,15,18)(H,16,17). The number of carboxylic acid groups (broad SMARTS) is 1. The number of benzene rings is 1. The summed E-state index contributed by atoms with van der Waals surface area (Å²) in [5, 5.41) is 11.4. The van der Waals surface area contributed by atoms with Gasteiger partial charge in [0, 0.05) is 6.54 Å². The molecule has 0 aromatic heterocycles. The molecule has 2 N–H and O–H groups in total. The number of hydrogen-bond donors (Lipinski definition) is 2. The van der Waals surface area contributed by atoms with Crippen LogP contribution in [0.4, 0.5) is 4.79 Å². The van der Waals surface area contributed by atoms with Crippen LogP contribution >= 0.6 is 0 Å². The summed E-state index contributed by atoms with van der Waals surface area (Å²) in [5.74, 6) is -0.941. The fourth-order valence-corrected chi connectivity index (χ4v) is 1.48. The molecule has 0 saturated heterocycles. The first-order valence-corrected chi connectivity index (χ1v) is 6.36. The Hall–Kier alpha value is -2.04. The van der Waals surface area contributed by atoms with Gasteiger partial charge >= 0.3 is 12.1 Å². The number of aromatic carboxylic acids is 1. The second kappa shape index (κ2) is 8.13. The molecule has 0 saturated carbocycles. The van der Waals surface area contributed by atoms with Crippen molar-refractivity contribution in [1.29, 1.82) is 0 Å². The SMILES string of the molecule is CCCCOC(=O)NCCc1ccc(C(=O)O)cc1. The Morgan fingerprint density at radius 3 is 2.53 bits per heavy atom. The quantitative estimate of drug-likeness (QED) is 0.742. The van der Waals surface area contributed by atoms with Crippen LogP contribution in [0.3, 0.4) is 0 Å². The molecule has 1 aromatic carbocycles. The molecule has 0 fully saturated rings. The van der Waals surface area contributed by atoms with Crippen LogP contribution in [0.1, 0.15) is 35.7 Å². The van der Waals surface area contributed by atoms with E-state index in [4.69, 9.17) is 9.84 Å². The molecule has 0 radical (unpaired) electrons. The maximum atomic E-state index is 11.2. The van der Waals surface area contributed by atoms with Crippen molar-refractivity contribution in [3.8, 4) is 0 Å². The average Bonchev–Trinajstić information content (AvgIpc) is 2.39. The van der Waals surface area contributed by atoms with Crippen molar-refractivity contribution in [2.45, 2.75) is 26.2 Å². The Morgan fingerprint density at radius 1 is 1.26 bits per heavy atom. The number of carbonyl (C=O) groups is 2. The van der Waals surface area contributed by atoms with Gasteiger partial charge in [-0.15, -0.1) is 0 Å². The van der Waals surface area contributed by atoms with E-state index in [0.29, 0.717) is 19.6 Å². The Labute approximate surface area is 112 Å². The third kappa shape index (κ3) is 5.90. The smallest absolute Gasteiger partial charge is 0.407 e. The van der Waals surface area contributed by atoms with Crippen molar-refractivity contribution in [2.24, 2.45) is 0 Å². The molecule has 0 aliphatic carbocycles. The van der Waals surface area contributed by atoms with Crippen molar-refractivity contribution in [1.82, 2.24) is 5.32 Å². The Kier molecular flexibility index (Phi) is 6.43. The number of unbranched alkanes of at least 4 members (excludes halogenated alkanes) is 1. The summed E-state index contributed by atoms with van der Waals surface area (Å²) in [6.45, 7) is 2.94. The van der Waals surface area contributed by atoms with Gasteiger partial charge in [0.25, 0.3) is 0 Å². The molecular weight excluding hydrogens is 246 g/mol. The van der Waals surface area contributed by atoms with E-state index in [0.717, 1.165) is 18.4 Å². The Morgan fingerprint density at radius 2 is 1.95 bits per heavy atom.